The van der Waals surface area contributed by atoms with Gasteiger partial charge in [-0.25, -0.2) is 0 Å². The molecule has 1 aromatic rings. The van der Waals surface area contributed by atoms with Gasteiger partial charge in [0.2, 0.25) is 25.0 Å². The first-order valence-corrected chi connectivity index (χ1v) is 24.1. The third-order valence-corrected chi connectivity index (χ3v) is 8.59. The largest absolute Gasteiger partial charge is 0.543 e. The van der Waals surface area contributed by atoms with Gasteiger partial charge in [-0.15, -0.1) is 0 Å². The molecule has 1 rings (SSSR count). The molecule has 0 aliphatic rings. The van der Waals surface area contributed by atoms with Crippen LogP contribution < -0.4 is 8.85 Å². The first-order valence-electron chi connectivity index (χ1n) is 10.4. The van der Waals surface area contributed by atoms with E-state index in [-0.39, 0.29) is 0 Å². The molecule has 0 aliphatic heterocycles. The van der Waals surface area contributed by atoms with Gasteiger partial charge in [-0.2, -0.15) is 0 Å². The van der Waals surface area contributed by atoms with Crippen molar-refractivity contribution in [1.82, 2.24) is 4.57 Å². The maximum atomic E-state index is 6.52. The van der Waals surface area contributed by atoms with Crippen molar-refractivity contribution in [2.75, 3.05) is 7.05 Å². The highest BCUT2D eigenvalue weighted by Gasteiger charge is 2.26. The van der Waals surface area contributed by atoms with Crippen molar-refractivity contribution >= 4 is 38.9 Å². The van der Waals surface area contributed by atoms with Crippen LogP contribution in [-0.2, 0) is 4.43 Å². The Morgan fingerprint density at radius 2 is 1.21 bits per heavy atom. The van der Waals surface area contributed by atoms with Crippen LogP contribution in [-0.4, -0.2) is 44.8 Å². The Bertz CT molecular complexity index is 723. The van der Waals surface area contributed by atoms with Gasteiger partial charge in [0.15, 0.2) is 0 Å². The van der Waals surface area contributed by atoms with Crippen LogP contribution in [0, 0.1) is 0 Å². The average Bonchev–Trinajstić information content (AvgIpc) is 2.43. The normalized spacial score (nSPS) is 13.9. The SMILES string of the molecule is CN(/C=C(/O[Si](C)(C)C)c1ccc(O[Si](C)(C)C)c(O[Si](C)(C)C)c1)[Si](C)(C)C. The van der Waals surface area contributed by atoms with Gasteiger partial charge in [-0.3, -0.25) is 0 Å². The molecule has 0 atom stereocenters. The fourth-order valence-corrected chi connectivity index (χ4v) is 5.33. The topological polar surface area (TPSA) is 30.9 Å². The molecule has 0 aliphatic carbocycles. The molecule has 166 valence electrons. The lowest BCUT2D eigenvalue weighted by atomic mass is 10.2. The molecule has 4 nitrogen and oxygen atoms in total. The summed E-state index contributed by atoms with van der Waals surface area (Å²) in [5.74, 6) is 2.61. The van der Waals surface area contributed by atoms with Gasteiger partial charge in [0.25, 0.3) is 0 Å². The van der Waals surface area contributed by atoms with Crippen molar-refractivity contribution in [3.05, 3.63) is 30.0 Å². The third kappa shape index (κ3) is 10.1. The van der Waals surface area contributed by atoms with Crippen molar-refractivity contribution in [1.29, 1.82) is 0 Å². The summed E-state index contributed by atoms with van der Waals surface area (Å²) < 4.78 is 21.6. The third-order valence-electron chi connectivity index (χ3n) is 3.85. The molecule has 0 radical (unpaired) electrons. The van der Waals surface area contributed by atoms with E-state index in [1.807, 2.05) is 0 Å². The number of rotatable bonds is 9. The smallest absolute Gasteiger partial charge is 0.242 e. The monoisotopic (exact) mass is 469 g/mol. The van der Waals surface area contributed by atoms with Crippen LogP contribution in [0.25, 0.3) is 5.76 Å². The second kappa shape index (κ2) is 9.03. The van der Waals surface area contributed by atoms with Crippen molar-refractivity contribution in [3.8, 4) is 11.5 Å². The van der Waals surface area contributed by atoms with Crippen LogP contribution in [0.2, 0.25) is 78.6 Å². The minimum Gasteiger partial charge on any atom is -0.543 e. The van der Waals surface area contributed by atoms with Crippen LogP contribution >= 0.6 is 0 Å². The van der Waals surface area contributed by atoms with Crippen LogP contribution in [0.5, 0.6) is 11.5 Å². The highest BCUT2D eigenvalue weighted by molar-refractivity contribution is 6.73. The van der Waals surface area contributed by atoms with Crippen molar-refractivity contribution in [3.63, 3.8) is 0 Å². The summed E-state index contributed by atoms with van der Waals surface area (Å²) in [5.41, 5.74) is 1.05. The van der Waals surface area contributed by atoms with Crippen LogP contribution in [0.15, 0.2) is 24.4 Å². The van der Waals surface area contributed by atoms with Crippen molar-refractivity contribution < 1.29 is 13.3 Å². The van der Waals surface area contributed by atoms with E-state index in [9.17, 15) is 0 Å². The lowest BCUT2D eigenvalue weighted by Crippen LogP contribution is -2.39. The Morgan fingerprint density at radius 1 is 0.724 bits per heavy atom. The first-order chi connectivity index (χ1) is 12.8. The summed E-state index contributed by atoms with van der Waals surface area (Å²) in [4.78, 5) is 0. The van der Waals surface area contributed by atoms with E-state index < -0.39 is 33.2 Å². The molecule has 0 unspecified atom stereocenters. The van der Waals surface area contributed by atoms with Gasteiger partial charge < -0.3 is 17.8 Å². The molecular formula is C21H43NO3Si4. The van der Waals surface area contributed by atoms with E-state index in [1.54, 1.807) is 0 Å². The molecule has 0 saturated carbocycles. The molecule has 0 spiro atoms. The molecule has 1 aromatic carbocycles. The summed E-state index contributed by atoms with van der Waals surface area (Å²) in [7, 11) is -4.64. The van der Waals surface area contributed by atoms with E-state index in [0.29, 0.717) is 0 Å². The zero-order valence-corrected chi connectivity index (χ0v) is 25.0. The molecule has 29 heavy (non-hydrogen) atoms. The van der Waals surface area contributed by atoms with E-state index in [2.05, 4.69) is 115 Å². The summed E-state index contributed by atoms with van der Waals surface area (Å²) in [6, 6.07) is 6.27. The summed E-state index contributed by atoms with van der Waals surface area (Å²) >= 11 is 0. The molecule has 0 aromatic heterocycles. The lowest BCUT2D eigenvalue weighted by Gasteiger charge is -2.32. The van der Waals surface area contributed by atoms with Crippen LogP contribution in [0.1, 0.15) is 5.56 Å². The Labute approximate surface area is 183 Å². The van der Waals surface area contributed by atoms with Gasteiger partial charge in [0, 0.05) is 11.8 Å². The quantitative estimate of drug-likeness (QED) is 0.287. The fraction of sp³-hybridized carbons (Fsp3) is 0.619. The number of benzene rings is 1. The van der Waals surface area contributed by atoms with Gasteiger partial charge in [-0.05, 0) is 84.2 Å². The van der Waals surface area contributed by atoms with Crippen LogP contribution in [0.4, 0.5) is 0 Å². The fourth-order valence-electron chi connectivity index (χ4n) is 2.34. The minimum absolute atomic E-state index is 0.838. The molecule has 0 saturated heterocycles. The first kappa shape index (κ1) is 26.1. The van der Waals surface area contributed by atoms with Crippen molar-refractivity contribution in [2.45, 2.75) is 78.6 Å². The lowest BCUT2D eigenvalue weighted by molar-refractivity contribution is 0.484. The van der Waals surface area contributed by atoms with E-state index in [0.717, 1.165) is 22.8 Å². The second-order valence-corrected chi connectivity index (χ2v) is 29.9. The summed E-state index contributed by atoms with van der Waals surface area (Å²) in [6.07, 6.45) is 2.18. The Hall–Kier alpha value is -0.972. The van der Waals surface area contributed by atoms with Gasteiger partial charge in [-0.1, -0.05) is 19.6 Å². The molecular weight excluding hydrogens is 427 g/mol. The van der Waals surface area contributed by atoms with Gasteiger partial charge in [0.1, 0.15) is 25.5 Å². The predicted octanol–water partition coefficient (Wildman–Crippen LogP) is 7.03. The Balaban J connectivity index is 3.52. The molecule has 0 N–H and O–H groups in total. The Morgan fingerprint density at radius 3 is 1.62 bits per heavy atom. The van der Waals surface area contributed by atoms with Crippen LogP contribution in [0.3, 0.4) is 0 Å². The van der Waals surface area contributed by atoms with Gasteiger partial charge in [0.05, 0.1) is 0 Å². The Kier molecular flexibility index (Phi) is 8.12. The molecule has 0 heterocycles. The maximum Gasteiger partial charge on any atom is 0.242 e. The predicted molar refractivity (Wildman–Crippen MR) is 138 cm³/mol. The van der Waals surface area contributed by atoms with Gasteiger partial charge >= 0.3 is 0 Å². The zero-order chi connectivity index (χ0) is 22.8. The molecule has 8 heteroatoms. The minimum atomic E-state index is -1.79. The average molecular weight is 470 g/mol. The molecule has 0 amide bonds. The highest BCUT2D eigenvalue weighted by Crippen LogP contribution is 2.35. The van der Waals surface area contributed by atoms with Crippen molar-refractivity contribution in [2.24, 2.45) is 0 Å². The van der Waals surface area contributed by atoms with E-state index in [4.69, 9.17) is 13.3 Å². The van der Waals surface area contributed by atoms with E-state index >= 15 is 0 Å². The van der Waals surface area contributed by atoms with E-state index in [1.165, 1.54) is 0 Å². The standard InChI is InChI=1S/C21H43NO3Si4/c1-22(26(2,3)4)17-21(25-29(11,12)13)18-14-15-19(23-27(5,6)7)20(16-18)24-28(8,9)10/h14-17H,1-13H3/b21-17+. The number of nitrogens with zero attached hydrogens (tertiary/aromatic N) is 1. The highest BCUT2D eigenvalue weighted by atomic mass is 28.4. The zero-order valence-electron chi connectivity index (χ0n) is 21.0. The molecule has 0 bridgehead atoms. The summed E-state index contributed by atoms with van der Waals surface area (Å²) in [5, 5.41) is 0. The maximum absolute atomic E-state index is 6.52. The summed E-state index contributed by atoms with van der Waals surface area (Å²) in [6.45, 7) is 26.9. The number of hydrogen-bond donors (Lipinski definition) is 0. The second-order valence-electron chi connectivity index (χ2n) is 11.6. The number of hydrogen-bond acceptors (Lipinski definition) is 4. The molecule has 0 fully saturated rings.